The van der Waals surface area contributed by atoms with Crippen LogP contribution in [0.15, 0.2) is 12.4 Å². The Morgan fingerprint density at radius 1 is 1.40 bits per heavy atom. The maximum Gasteiger partial charge on any atom is 0.259 e. The van der Waals surface area contributed by atoms with Crippen LogP contribution in [0.1, 0.15) is 30.1 Å². The maximum atomic E-state index is 15.5. The number of carbonyl (C=O) groups excluding carboxylic acids is 1. The summed E-state index contributed by atoms with van der Waals surface area (Å²) in [5.41, 5.74) is 6.14. The zero-order chi connectivity index (χ0) is 21.3. The van der Waals surface area contributed by atoms with Crippen molar-refractivity contribution in [3.63, 3.8) is 0 Å². The third kappa shape index (κ3) is 3.96. The zero-order valence-corrected chi connectivity index (χ0v) is 16.9. The SMILES string of the molecule is CCCC1NCC(NC(=O)c2c(N)nn3cc(F)cnc23)C(N2CCNCC2)C1F. The van der Waals surface area contributed by atoms with Crippen molar-refractivity contribution in [3.05, 3.63) is 23.8 Å². The fourth-order valence-corrected chi connectivity index (χ4v) is 4.50. The molecular formula is C19H28F2N8O. The third-order valence-corrected chi connectivity index (χ3v) is 5.91. The number of piperidine rings is 1. The minimum atomic E-state index is -1.12. The minimum Gasteiger partial charge on any atom is -0.381 e. The van der Waals surface area contributed by atoms with Crippen LogP contribution in [0.25, 0.3) is 5.65 Å². The van der Waals surface area contributed by atoms with Crippen molar-refractivity contribution >= 4 is 17.4 Å². The van der Waals surface area contributed by atoms with Crippen LogP contribution in [0.3, 0.4) is 0 Å². The molecule has 4 unspecified atom stereocenters. The van der Waals surface area contributed by atoms with Crippen LogP contribution in [0, 0.1) is 5.82 Å². The molecule has 9 nitrogen and oxygen atoms in total. The van der Waals surface area contributed by atoms with E-state index in [1.807, 2.05) is 6.92 Å². The van der Waals surface area contributed by atoms with Crippen LogP contribution in [0.2, 0.25) is 0 Å². The summed E-state index contributed by atoms with van der Waals surface area (Å²) < 4.78 is 30.1. The van der Waals surface area contributed by atoms with Crippen molar-refractivity contribution in [3.8, 4) is 0 Å². The van der Waals surface area contributed by atoms with E-state index in [2.05, 4.69) is 30.9 Å². The molecule has 2 aromatic rings. The molecule has 0 radical (unpaired) electrons. The van der Waals surface area contributed by atoms with Crippen LogP contribution < -0.4 is 21.7 Å². The van der Waals surface area contributed by atoms with Crippen LogP contribution in [0.4, 0.5) is 14.6 Å². The summed E-state index contributed by atoms with van der Waals surface area (Å²) in [5, 5.41) is 13.4. The second kappa shape index (κ2) is 8.78. The summed E-state index contributed by atoms with van der Waals surface area (Å²) in [7, 11) is 0. The molecule has 0 spiro atoms. The summed E-state index contributed by atoms with van der Waals surface area (Å²) in [6, 6.07) is -1.13. The first-order valence-corrected chi connectivity index (χ1v) is 10.4. The molecule has 2 aliphatic heterocycles. The molecule has 164 valence electrons. The van der Waals surface area contributed by atoms with Crippen molar-refractivity contribution < 1.29 is 13.6 Å². The highest BCUT2D eigenvalue weighted by atomic mass is 19.1. The first kappa shape index (κ1) is 20.9. The Labute approximate surface area is 173 Å². The molecule has 4 heterocycles. The standard InChI is InChI=1S/C19H28F2N8O/c1-2-3-12-15(21)16(28-6-4-23-5-7-28)13(9-24-12)26-19(30)14-17(22)27-29-10-11(20)8-25-18(14)29/h8,10,12-13,15-16,23-24H,2-7,9H2,1H3,(H2,22,27)(H,26,30). The van der Waals surface area contributed by atoms with Gasteiger partial charge in [0.05, 0.1) is 24.5 Å². The topological polar surface area (TPSA) is 113 Å². The molecule has 2 fully saturated rings. The summed E-state index contributed by atoms with van der Waals surface area (Å²) in [4.78, 5) is 19.1. The number of nitrogen functional groups attached to an aromatic ring is 1. The molecule has 0 aliphatic carbocycles. The first-order valence-electron chi connectivity index (χ1n) is 10.4. The van der Waals surface area contributed by atoms with Gasteiger partial charge in [0.25, 0.3) is 5.91 Å². The number of anilines is 1. The molecular weight excluding hydrogens is 394 g/mol. The maximum absolute atomic E-state index is 15.5. The van der Waals surface area contributed by atoms with E-state index in [1.54, 1.807) is 0 Å². The Balaban J connectivity index is 1.58. The number of rotatable bonds is 5. The van der Waals surface area contributed by atoms with Crippen molar-refractivity contribution in [1.29, 1.82) is 0 Å². The lowest BCUT2D eigenvalue weighted by atomic mass is 9.88. The van der Waals surface area contributed by atoms with Gasteiger partial charge >= 0.3 is 0 Å². The van der Waals surface area contributed by atoms with Gasteiger partial charge in [-0.05, 0) is 6.42 Å². The molecule has 11 heteroatoms. The molecule has 2 aliphatic rings. The van der Waals surface area contributed by atoms with E-state index in [4.69, 9.17) is 5.73 Å². The van der Waals surface area contributed by atoms with Crippen molar-refractivity contribution in [2.45, 2.75) is 44.1 Å². The average Bonchev–Trinajstić information content (AvgIpc) is 3.05. The quantitative estimate of drug-likeness (QED) is 0.534. The Morgan fingerprint density at radius 3 is 2.90 bits per heavy atom. The lowest BCUT2D eigenvalue weighted by molar-refractivity contribution is 0.0237. The molecule has 2 saturated heterocycles. The smallest absolute Gasteiger partial charge is 0.259 e. The number of hydrogen-bond acceptors (Lipinski definition) is 7. The number of halogens is 2. The highest BCUT2D eigenvalue weighted by Gasteiger charge is 2.43. The molecule has 30 heavy (non-hydrogen) atoms. The van der Waals surface area contributed by atoms with Gasteiger partial charge in [-0.2, -0.15) is 0 Å². The van der Waals surface area contributed by atoms with Crippen molar-refractivity contribution in [1.82, 2.24) is 35.4 Å². The van der Waals surface area contributed by atoms with Gasteiger partial charge in [0.1, 0.15) is 11.7 Å². The van der Waals surface area contributed by atoms with Crippen LogP contribution in [-0.2, 0) is 0 Å². The highest BCUT2D eigenvalue weighted by Crippen LogP contribution is 2.24. The van der Waals surface area contributed by atoms with Crippen molar-refractivity contribution in [2.75, 3.05) is 38.5 Å². The zero-order valence-electron chi connectivity index (χ0n) is 16.9. The monoisotopic (exact) mass is 422 g/mol. The average molecular weight is 422 g/mol. The number of hydrogen-bond donors (Lipinski definition) is 4. The summed E-state index contributed by atoms with van der Waals surface area (Å²) in [5.74, 6) is -1.13. The van der Waals surface area contributed by atoms with E-state index in [0.717, 1.165) is 55.9 Å². The number of amides is 1. The summed E-state index contributed by atoms with van der Waals surface area (Å²) in [6.07, 6.45) is 2.61. The Hall–Kier alpha value is -2.37. The number of nitrogens with one attached hydrogen (secondary N) is 3. The number of fused-ring (bicyclic) bond motifs is 1. The van der Waals surface area contributed by atoms with Gasteiger partial charge in [0, 0.05) is 38.8 Å². The van der Waals surface area contributed by atoms with E-state index in [9.17, 15) is 9.18 Å². The number of nitrogens with zero attached hydrogens (tertiary/aromatic N) is 4. The first-order chi connectivity index (χ1) is 14.5. The number of aromatic nitrogens is 3. The van der Waals surface area contributed by atoms with E-state index >= 15 is 4.39 Å². The van der Waals surface area contributed by atoms with Gasteiger partial charge in [-0.25, -0.2) is 18.3 Å². The molecule has 4 atom stereocenters. The molecule has 1 amide bonds. The molecule has 4 rings (SSSR count). The summed E-state index contributed by atoms with van der Waals surface area (Å²) >= 11 is 0. The largest absolute Gasteiger partial charge is 0.381 e. The van der Waals surface area contributed by atoms with Gasteiger partial charge in [0.2, 0.25) is 0 Å². The van der Waals surface area contributed by atoms with E-state index in [1.165, 1.54) is 0 Å². The predicted molar refractivity (Wildman–Crippen MR) is 108 cm³/mol. The van der Waals surface area contributed by atoms with E-state index < -0.39 is 30.0 Å². The second-order valence-corrected chi connectivity index (χ2v) is 7.90. The molecule has 0 bridgehead atoms. The van der Waals surface area contributed by atoms with Crippen LogP contribution in [0.5, 0.6) is 0 Å². The predicted octanol–water partition coefficient (Wildman–Crippen LogP) is -0.0672. The molecule has 0 saturated carbocycles. The Morgan fingerprint density at radius 2 is 2.17 bits per heavy atom. The molecule has 2 aromatic heterocycles. The number of piperazine rings is 1. The van der Waals surface area contributed by atoms with Gasteiger partial charge in [-0.15, -0.1) is 5.10 Å². The molecule has 0 aromatic carbocycles. The minimum absolute atomic E-state index is 0.0475. The highest BCUT2D eigenvalue weighted by molar-refractivity contribution is 6.04. The van der Waals surface area contributed by atoms with Crippen molar-refractivity contribution in [2.24, 2.45) is 0 Å². The van der Waals surface area contributed by atoms with Gasteiger partial charge in [0.15, 0.2) is 17.3 Å². The van der Waals surface area contributed by atoms with E-state index in [0.29, 0.717) is 6.54 Å². The van der Waals surface area contributed by atoms with Gasteiger partial charge < -0.3 is 21.7 Å². The second-order valence-electron chi connectivity index (χ2n) is 7.90. The number of alkyl halides is 1. The fraction of sp³-hybridized carbons (Fsp3) is 0.632. The van der Waals surface area contributed by atoms with Gasteiger partial charge in [-0.3, -0.25) is 9.69 Å². The Kier molecular flexibility index (Phi) is 6.11. The Bertz CT molecular complexity index is 900. The summed E-state index contributed by atoms with van der Waals surface area (Å²) in [6.45, 7) is 5.49. The van der Waals surface area contributed by atoms with Gasteiger partial charge in [-0.1, -0.05) is 13.3 Å². The lowest BCUT2D eigenvalue weighted by Crippen LogP contribution is -2.69. The normalized spacial score (nSPS) is 28.0. The van der Waals surface area contributed by atoms with Crippen LogP contribution >= 0.6 is 0 Å². The lowest BCUT2D eigenvalue weighted by Gasteiger charge is -2.46. The fourth-order valence-electron chi connectivity index (χ4n) is 4.50. The third-order valence-electron chi connectivity index (χ3n) is 5.91. The molecule has 5 N–H and O–H groups in total. The number of carbonyl (C=O) groups is 1. The number of nitrogens with two attached hydrogens (primary N) is 1. The van der Waals surface area contributed by atoms with Crippen LogP contribution in [-0.4, -0.2) is 82.4 Å². The van der Waals surface area contributed by atoms with E-state index in [-0.39, 0.29) is 23.1 Å².